The van der Waals surface area contributed by atoms with Gasteiger partial charge in [-0.2, -0.15) is 0 Å². The van der Waals surface area contributed by atoms with E-state index < -0.39 is 6.04 Å². The van der Waals surface area contributed by atoms with E-state index in [4.69, 9.17) is 5.73 Å². The summed E-state index contributed by atoms with van der Waals surface area (Å²) in [7, 11) is 0. The number of hydrogen-bond acceptors (Lipinski definition) is 6. The number of benzene rings is 2. The lowest BCUT2D eigenvalue weighted by molar-refractivity contribution is -0.121. The van der Waals surface area contributed by atoms with Crippen LogP contribution < -0.4 is 16.0 Å². The first kappa shape index (κ1) is 16.5. The normalized spacial score (nSPS) is 14.0. The predicted molar refractivity (Wildman–Crippen MR) is 101 cm³/mol. The van der Waals surface area contributed by atoms with Crippen molar-refractivity contribution < 1.29 is 9.59 Å². The Labute approximate surface area is 153 Å². The summed E-state index contributed by atoms with van der Waals surface area (Å²) in [6, 6.07) is 10.8. The van der Waals surface area contributed by atoms with Gasteiger partial charge in [0.15, 0.2) is 0 Å². The Morgan fingerprint density at radius 2 is 2.04 bits per heavy atom. The minimum absolute atomic E-state index is 0.142. The van der Waals surface area contributed by atoms with E-state index in [2.05, 4.69) is 15.5 Å². The molecule has 26 heavy (non-hydrogen) atoms. The minimum atomic E-state index is -0.611. The van der Waals surface area contributed by atoms with E-state index in [-0.39, 0.29) is 11.8 Å². The Morgan fingerprint density at radius 1 is 1.27 bits per heavy atom. The highest BCUT2D eigenvalue weighted by atomic mass is 32.1. The van der Waals surface area contributed by atoms with Crippen LogP contribution in [0.4, 0.5) is 10.8 Å². The van der Waals surface area contributed by atoms with Gasteiger partial charge in [0.05, 0.1) is 5.69 Å². The minimum Gasteiger partial charge on any atom is -0.374 e. The van der Waals surface area contributed by atoms with Gasteiger partial charge in [-0.15, -0.1) is 10.2 Å². The number of nitrogens with two attached hydrogens (primary N) is 1. The Kier molecular flexibility index (Phi) is 4.04. The van der Waals surface area contributed by atoms with Gasteiger partial charge in [-0.1, -0.05) is 35.6 Å². The standard InChI is InChI=1S/C18H17N5O2S/c1-10(16(24)20-9-8-14-21-22-18(19)26-14)23-13-7-3-5-11-4-2-6-12(15(11)13)17(23)25/h2-7,10H,8-9H2,1H3,(H2,19,22)(H,20,24). The SMILES string of the molecule is CC(C(=O)NCCc1nnc(N)s1)N1C(=O)c2cccc3cccc1c23. The van der Waals surface area contributed by atoms with Crippen molar-refractivity contribution in [2.45, 2.75) is 19.4 Å². The van der Waals surface area contributed by atoms with Crippen LogP contribution in [0.3, 0.4) is 0 Å². The molecule has 1 atom stereocenters. The van der Waals surface area contributed by atoms with Crippen molar-refractivity contribution in [1.29, 1.82) is 0 Å². The molecule has 7 nitrogen and oxygen atoms in total. The molecule has 0 bridgehead atoms. The Morgan fingerprint density at radius 3 is 2.77 bits per heavy atom. The van der Waals surface area contributed by atoms with Crippen LogP contribution in [-0.2, 0) is 11.2 Å². The molecule has 2 aromatic carbocycles. The molecule has 0 fully saturated rings. The molecule has 2 heterocycles. The lowest BCUT2D eigenvalue weighted by Gasteiger charge is -2.24. The highest BCUT2D eigenvalue weighted by Gasteiger charge is 2.35. The molecule has 1 aliphatic heterocycles. The molecule has 1 unspecified atom stereocenters. The second-order valence-corrected chi connectivity index (χ2v) is 7.20. The highest BCUT2D eigenvalue weighted by Crippen LogP contribution is 2.38. The van der Waals surface area contributed by atoms with Gasteiger partial charge < -0.3 is 11.1 Å². The first-order valence-corrected chi connectivity index (χ1v) is 9.09. The van der Waals surface area contributed by atoms with Gasteiger partial charge in [0.1, 0.15) is 11.0 Å². The van der Waals surface area contributed by atoms with Gasteiger partial charge in [0.2, 0.25) is 11.0 Å². The largest absolute Gasteiger partial charge is 0.374 e. The van der Waals surface area contributed by atoms with E-state index >= 15 is 0 Å². The average molecular weight is 367 g/mol. The maximum atomic E-state index is 12.8. The molecule has 1 aromatic heterocycles. The van der Waals surface area contributed by atoms with Crippen LogP contribution in [0.2, 0.25) is 0 Å². The van der Waals surface area contributed by atoms with Crippen LogP contribution in [0.1, 0.15) is 22.3 Å². The highest BCUT2D eigenvalue weighted by molar-refractivity contribution is 7.15. The van der Waals surface area contributed by atoms with Crippen molar-refractivity contribution >= 4 is 44.7 Å². The molecule has 3 aromatic rings. The third kappa shape index (κ3) is 2.68. The summed E-state index contributed by atoms with van der Waals surface area (Å²) in [4.78, 5) is 27.0. The summed E-state index contributed by atoms with van der Waals surface area (Å²) < 4.78 is 0. The van der Waals surface area contributed by atoms with Crippen molar-refractivity contribution in [3.63, 3.8) is 0 Å². The number of nitrogen functional groups attached to an aromatic ring is 1. The van der Waals surface area contributed by atoms with E-state index in [1.165, 1.54) is 11.3 Å². The number of nitrogens with one attached hydrogen (secondary N) is 1. The maximum absolute atomic E-state index is 12.8. The fraction of sp³-hybridized carbons (Fsp3) is 0.222. The van der Waals surface area contributed by atoms with Gasteiger partial charge in [-0.05, 0) is 24.4 Å². The third-order valence-corrected chi connectivity index (χ3v) is 5.29. The van der Waals surface area contributed by atoms with Gasteiger partial charge in [0.25, 0.3) is 5.91 Å². The number of anilines is 2. The van der Waals surface area contributed by atoms with Gasteiger partial charge in [-0.25, -0.2) is 0 Å². The van der Waals surface area contributed by atoms with Crippen LogP contribution in [0.5, 0.6) is 0 Å². The lowest BCUT2D eigenvalue weighted by atomic mass is 10.1. The molecule has 0 spiro atoms. The van der Waals surface area contributed by atoms with Crippen LogP contribution >= 0.6 is 11.3 Å². The van der Waals surface area contributed by atoms with E-state index in [9.17, 15) is 9.59 Å². The Balaban J connectivity index is 1.50. The monoisotopic (exact) mass is 367 g/mol. The molecule has 0 aliphatic carbocycles. The number of amides is 2. The van der Waals surface area contributed by atoms with E-state index in [1.807, 2.05) is 30.3 Å². The second-order valence-electron chi connectivity index (χ2n) is 6.11. The summed E-state index contributed by atoms with van der Waals surface area (Å²) in [5.74, 6) is -0.350. The van der Waals surface area contributed by atoms with E-state index in [0.29, 0.717) is 23.7 Å². The van der Waals surface area contributed by atoms with Crippen LogP contribution in [-0.4, -0.2) is 34.6 Å². The molecule has 0 saturated heterocycles. The average Bonchev–Trinajstić information content (AvgIpc) is 3.18. The molecule has 1 aliphatic rings. The van der Waals surface area contributed by atoms with E-state index in [1.54, 1.807) is 17.9 Å². The maximum Gasteiger partial charge on any atom is 0.259 e. The summed E-state index contributed by atoms with van der Waals surface area (Å²) in [6.45, 7) is 2.15. The number of nitrogens with zero attached hydrogens (tertiary/aromatic N) is 3. The smallest absolute Gasteiger partial charge is 0.259 e. The summed E-state index contributed by atoms with van der Waals surface area (Å²) in [6.07, 6.45) is 0.553. The fourth-order valence-electron chi connectivity index (χ4n) is 3.25. The molecule has 132 valence electrons. The molecule has 2 amide bonds. The molecule has 4 rings (SSSR count). The first-order valence-electron chi connectivity index (χ1n) is 8.27. The Hall–Kier alpha value is -3.00. The molecule has 0 radical (unpaired) electrons. The van der Waals surface area contributed by atoms with Gasteiger partial charge in [-0.3, -0.25) is 14.5 Å². The van der Waals surface area contributed by atoms with Gasteiger partial charge in [0, 0.05) is 23.9 Å². The van der Waals surface area contributed by atoms with Crippen molar-refractivity contribution in [3.8, 4) is 0 Å². The summed E-state index contributed by atoms with van der Waals surface area (Å²) >= 11 is 1.30. The van der Waals surface area contributed by atoms with Crippen molar-refractivity contribution in [2.75, 3.05) is 17.2 Å². The van der Waals surface area contributed by atoms with Crippen LogP contribution in [0.15, 0.2) is 36.4 Å². The zero-order chi connectivity index (χ0) is 18.3. The first-order chi connectivity index (χ1) is 12.6. The second kappa shape index (κ2) is 6.38. The molecule has 8 heteroatoms. The third-order valence-electron chi connectivity index (χ3n) is 4.48. The zero-order valence-electron chi connectivity index (χ0n) is 14.1. The summed E-state index contributed by atoms with van der Waals surface area (Å²) in [5, 5.41) is 13.6. The lowest BCUT2D eigenvalue weighted by Crippen LogP contribution is -2.47. The van der Waals surface area contributed by atoms with Crippen LogP contribution in [0, 0.1) is 0 Å². The van der Waals surface area contributed by atoms with E-state index in [0.717, 1.165) is 21.5 Å². The number of hydrogen-bond donors (Lipinski definition) is 2. The Bertz CT molecular complexity index is 1010. The summed E-state index contributed by atoms with van der Waals surface area (Å²) in [5.41, 5.74) is 6.97. The quantitative estimate of drug-likeness (QED) is 0.718. The van der Waals surface area contributed by atoms with Crippen molar-refractivity contribution in [1.82, 2.24) is 15.5 Å². The number of carbonyl (C=O) groups is 2. The fourth-order valence-corrected chi connectivity index (χ4v) is 3.86. The number of rotatable bonds is 5. The zero-order valence-corrected chi connectivity index (χ0v) is 14.9. The number of aromatic nitrogens is 2. The molecule has 0 saturated carbocycles. The predicted octanol–water partition coefficient (Wildman–Crippen LogP) is 1.98. The van der Waals surface area contributed by atoms with Gasteiger partial charge >= 0.3 is 0 Å². The van der Waals surface area contributed by atoms with Crippen molar-refractivity contribution in [3.05, 3.63) is 47.0 Å². The topological polar surface area (TPSA) is 101 Å². The van der Waals surface area contributed by atoms with Crippen molar-refractivity contribution in [2.24, 2.45) is 0 Å². The molecular weight excluding hydrogens is 350 g/mol. The molecular formula is C18H17N5O2S. The molecule has 3 N–H and O–H groups in total. The number of carbonyl (C=O) groups excluding carboxylic acids is 2. The van der Waals surface area contributed by atoms with Crippen LogP contribution in [0.25, 0.3) is 10.8 Å².